The van der Waals surface area contributed by atoms with Crippen LogP contribution in [0.2, 0.25) is 0 Å². The Hall–Kier alpha value is -2.24. The lowest BCUT2D eigenvalue weighted by Crippen LogP contribution is -2.15. The number of benzene rings is 1. The number of aliphatic carboxylic acids is 1. The van der Waals surface area contributed by atoms with Gasteiger partial charge in [0.2, 0.25) is 0 Å². The standard InChI is InChI=1S/C17H22N2O4/c1-2-3-5-16-18-12-10-14-15(23-9-8-22-14)11-13(12)19(16)7-4-6-17(20)21/h10-11H,2-9H2,1H3,(H,20,21). The van der Waals surface area contributed by atoms with Crippen LogP contribution in [0.3, 0.4) is 0 Å². The van der Waals surface area contributed by atoms with E-state index in [-0.39, 0.29) is 6.42 Å². The summed E-state index contributed by atoms with van der Waals surface area (Å²) in [5, 5.41) is 8.86. The molecule has 1 aromatic carbocycles. The first-order valence-electron chi connectivity index (χ1n) is 8.19. The fourth-order valence-electron chi connectivity index (χ4n) is 2.88. The van der Waals surface area contributed by atoms with Crippen LogP contribution in [0.5, 0.6) is 11.5 Å². The van der Waals surface area contributed by atoms with Gasteiger partial charge in [-0.25, -0.2) is 4.98 Å². The molecule has 0 saturated carbocycles. The molecule has 0 unspecified atom stereocenters. The number of carboxylic acid groups (broad SMARTS) is 1. The number of hydrogen-bond donors (Lipinski definition) is 1. The number of ether oxygens (including phenoxy) is 2. The normalized spacial score (nSPS) is 13.4. The lowest BCUT2D eigenvalue weighted by Gasteiger charge is -2.18. The summed E-state index contributed by atoms with van der Waals surface area (Å²) in [6.45, 7) is 3.91. The molecular weight excluding hydrogens is 296 g/mol. The van der Waals surface area contributed by atoms with Gasteiger partial charge in [0.15, 0.2) is 11.5 Å². The first-order chi connectivity index (χ1) is 11.2. The molecule has 1 N–H and O–H groups in total. The molecule has 0 bridgehead atoms. The van der Waals surface area contributed by atoms with Gasteiger partial charge in [-0.3, -0.25) is 4.79 Å². The Bertz CT molecular complexity index is 708. The van der Waals surface area contributed by atoms with Gasteiger partial charge in [-0.1, -0.05) is 13.3 Å². The van der Waals surface area contributed by atoms with E-state index in [0.717, 1.165) is 47.6 Å². The van der Waals surface area contributed by atoms with Crippen LogP contribution in [-0.4, -0.2) is 33.8 Å². The average molecular weight is 318 g/mol. The van der Waals surface area contributed by atoms with Crippen molar-refractivity contribution in [3.8, 4) is 11.5 Å². The quantitative estimate of drug-likeness (QED) is 0.849. The summed E-state index contributed by atoms with van der Waals surface area (Å²) in [6, 6.07) is 3.89. The van der Waals surface area contributed by atoms with Crippen molar-refractivity contribution in [1.29, 1.82) is 0 Å². The molecule has 1 aliphatic heterocycles. The zero-order chi connectivity index (χ0) is 16.2. The topological polar surface area (TPSA) is 73.6 Å². The van der Waals surface area contributed by atoms with Crippen molar-refractivity contribution in [3.63, 3.8) is 0 Å². The Labute approximate surface area is 135 Å². The van der Waals surface area contributed by atoms with Crippen LogP contribution >= 0.6 is 0 Å². The van der Waals surface area contributed by atoms with E-state index in [2.05, 4.69) is 11.5 Å². The first-order valence-corrected chi connectivity index (χ1v) is 8.19. The van der Waals surface area contributed by atoms with Gasteiger partial charge in [0.25, 0.3) is 0 Å². The zero-order valence-corrected chi connectivity index (χ0v) is 13.4. The third kappa shape index (κ3) is 3.41. The second-order valence-electron chi connectivity index (χ2n) is 5.77. The Morgan fingerprint density at radius 3 is 2.70 bits per heavy atom. The Morgan fingerprint density at radius 2 is 2.00 bits per heavy atom. The van der Waals surface area contributed by atoms with E-state index in [0.29, 0.717) is 26.2 Å². The number of imidazole rings is 1. The molecule has 0 amide bonds. The van der Waals surface area contributed by atoms with Gasteiger partial charge in [-0.2, -0.15) is 0 Å². The summed E-state index contributed by atoms with van der Waals surface area (Å²) in [6.07, 6.45) is 3.81. The van der Waals surface area contributed by atoms with E-state index >= 15 is 0 Å². The van der Waals surface area contributed by atoms with Crippen LogP contribution in [0.15, 0.2) is 12.1 Å². The maximum atomic E-state index is 10.8. The molecule has 3 rings (SSSR count). The van der Waals surface area contributed by atoms with E-state index in [9.17, 15) is 4.79 Å². The number of fused-ring (bicyclic) bond motifs is 2. The first kappa shape index (κ1) is 15.6. The maximum Gasteiger partial charge on any atom is 0.303 e. The van der Waals surface area contributed by atoms with Gasteiger partial charge in [-0.15, -0.1) is 0 Å². The number of aromatic nitrogens is 2. The average Bonchev–Trinajstić information content (AvgIpc) is 2.87. The number of carboxylic acids is 1. The van der Waals surface area contributed by atoms with Crippen molar-refractivity contribution in [2.45, 2.75) is 45.6 Å². The fourth-order valence-corrected chi connectivity index (χ4v) is 2.88. The molecule has 2 heterocycles. The Morgan fingerprint density at radius 1 is 1.26 bits per heavy atom. The van der Waals surface area contributed by atoms with Crippen LogP contribution in [0.25, 0.3) is 11.0 Å². The molecule has 6 nitrogen and oxygen atoms in total. The number of aryl methyl sites for hydroxylation is 2. The van der Waals surface area contributed by atoms with Crippen molar-refractivity contribution in [2.75, 3.05) is 13.2 Å². The number of carbonyl (C=O) groups is 1. The molecule has 23 heavy (non-hydrogen) atoms. The third-order valence-electron chi connectivity index (χ3n) is 4.02. The van der Waals surface area contributed by atoms with E-state index < -0.39 is 5.97 Å². The summed E-state index contributed by atoms with van der Waals surface area (Å²) in [5.41, 5.74) is 1.88. The minimum Gasteiger partial charge on any atom is -0.486 e. The summed E-state index contributed by atoms with van der Waals surface area (Å²) < 4.78 is 13.4. The number of hydrogen-bond acceptors (Lipinski definition) is 4. The highest BCUT2D eigenvalue weighted by molar-refractivity contribution is 5.81. The van der Waals surface area contributed by atoms with Crippen LogP contribution in [0.4, 0.5) is 0 Å². The van der Waals surface area contributed by atoms with Gasteiger partial charge in [0.1, 0.15) is 19.0 Å². The molecule has 0 atom stereocenters. The minimum absolute atomic E-state index is 0.164. The molecule has 1 aliphatic rings. The van der Waals surface area contributed by atoms with Gasteiger partial charge >= 0.3 is 5.97 Å². The second kappa shape index (κ2) is 6.89. The van der Waals surface area contributed by atoms with Crippen molar-refractivity contribution in [1.82, 2.24) is 9.55 Å². The van der Waals surface area contributed by atoms with Gasteiger partial charge in [-0.05, 0) is 12.8 Å². The predicted octanol–water partition coefficient (Wildman–Crippen LogP) is 3.01. The Kier molecular flexibility index (Phi) is 4.69. The SMILES string of the molecule is CCCCc1nc2cc3c(cc2n1CCCC(=O)O)OCCO3. The highest BCUT2D eigenvalue weighted by Crippen LogP contribution is 2.35. The van der Waals surface area contributed by atoms with Crippen molar-refractivity contribution < 1.29 is 19.4 Å². The Balaban J connectivity index is 1.95. The smallest absolute Gasteiger partial charge is 0.303 e. The molecule has 1 aromatic heterocycles. The van der Waals surface area contributed by atoms with Crippen LogP contribution in [-0.2, 0) is 17.8 Å². The van der Waals surface area contributed by atoms with Crippen LogP contribution in [0, 0.1) is 0 Å². The molecule has 2 aromatic rings. The second-order valence-corrected chi connectivity index (χ2v) is 5.77. The third-order valence-corrected chi connectivity index (χ3v) is 4.02. The van der Waals surface area contributed by atoms with E-state index in [1.807, 2.05) is 12.1 Å². The molecule has 0 saturated heterocycles. The molecule has 0 spiro atoms. The predicted molar refractivity (Wildman–Crippen MR) is 86.2 cm³/mol. The molecule has 0 aliphatic carbocycles. The summed E-state index contributed by atoms with van der Waals surface area (Å²) >= 11 is 0. The molecule has 0 fully saturated rings. The highest BCUT2D eigenvalue weighted by atomic mass is 16.6. The lowest BCUT2D eigenvalue weighted by atomic mass is 10.2. The largest absolute Gasteiger partial charge is 0.486 e. The van der Waals surface area contributed by atoms with E-state index in [4.69, 9.17) is 19.6 Å². The van der Waals surface area contributed by atoms with Crippen molar-refractivity contribution in [3.05, 3.63) is 18.0 Å². The van der Waals surface area contributed by atoms with Crippen molar-refractivity contribution >= 4 is 17.0 Å². The lowest BCUT2D eigenvalue weighted by molar-refractivity contribution is -0.137. The monoisotopic (exact) mass is 318 g/mol. The van der Waals surface area contributed by atoms with Crippen molar-refractivity contribution in [2.24, 2.45) is 0 Å². The van der Waals surface area contributed by atoms with Gasteiger partial charge < -0.3 is 19.1 Å². The minimum atomic E-state index is -0.765. The van der Waals surface area contributed by atoms with Gasteiger partial charge in [0.05, 0.1) is 11.0 Å². The molecular formula is C17H22N2O4. The van der Waals surface area contributed by atoms with Crippen LogP contribution in [0.1, 0.15) is 38.4 Å². The highest BCUT2D eigenvalue weighted by Gasteiger charge is 2.18. The number of unbranched alkanes of at least 4 members (excludes halogenated alkanes) is 1. The number of nitrogens with zero attached hydrogens (tertiary/aromatic N) is 2. The fraction of sp³-hybridized carbons (Fsp3) is 0.529. The molecule has 0 radical (unpaired) electrons. The van der Waals surface area contributed by atoms with E-state index in [1.165, 1.54) is 0 Å². The summed E-state index contributed by atoms with van der Waals surface area (Å²) in [4.78, 5) is 15.5. The number of rotatable bonds is 7. The summed E-state index contributed by atoms with van der Waals surface area (Å²) in [5.74, 6) is 1.72. The summed E-state index contributed by atoms with van der Waals surface area (Å²) in [7, 11) is 0. The van der Waals surface area contributed by atoms with Crippen LogP contribution < -0.4 is 9.47 Å². The zero-order valence-electron chi connectivity index (χ0n) is 13.4. The molecule has 6 heteroatoms. The van der Waals surface area contributed by atoms with Gasteiger partial charge in [0, 0.05) is 31.5 Å². The maximum absolute atomic E-state index is 10.8. The van der Waals surface area contributed by atoms with E-state index in [1.54, 1.807) is 0 Å². The molecule has 124 valence electrons.